The average Bonchev–Trinajstić information content (AvgIpc) is 3.16. The van der Waals surface area contributed by atoms with Crippen molar-refractivity contribution in [2.75, 3.05) is 13.2 Å². The monoisotopic (exact) mass is 835 g/mol. The van der Waals surface area contributed by atoms with E-state index in [1.807, 2.05) is 0 Å². The van der Waals surface area contributed by atoms with Gasteiger partial charge < -0.3 is 14.2 Å². The Hall–Kier alpha value is -0.120. The predicted octanol–water partition coefficient (Wildman–Crippen LogP) is 19.3. The van der Waals surface area contributed by atoms with E-state index in [9.17, 15) is 0 Å². The molecule has 0 amide bonds. The van der Waals surface area contributed by atoms with Crippen LogP contribution in [0.4, 0.5) is 0 Å². The van der Waals surface area contributed by atoms with Gasteiger partial charge in [0.05, 0.1) is 0 Å². The van der Waals surface area contributed by atoms with Crippen LogP contribution in [0, 0.1) is 47.3 Å². The van der Waals surface area contributed by atoms with Gasteiger partial charge in [-0.3, -0.25) is 0 Å². The minimum Gasteiger partial charge on any atom is -0.353 e. The van der Waals surface area contributed by atoms with Crippen LogP contribution in [-0.4, -0.2) is 25.8 Å². The van der Waals surface area contributed by atoms with Crippen molar-refractivity contribution in [3.63, 3.8) is 0 Å². The number of rotatable bonds is 46. The first-order chi connectivity index (χ1) is 28.4. The molecule has 0 aliphatic rings. The molecule has 59 heavy (non-hydrogen) atoms. The van der Waals surface area contributed by atoms with Gasteiger partial charge in [0.1, 0.15) is 0 Å². The first-order valence-corrected chi connectivity index (χ1v) is 27.3. The van der Waals surface area contributed by atoms with Gasteiger partial charge in [-0.2, -0.15) is 0 Å². The summed E-state index contributed by atoms with van der Waals surface area (Å²) in [7, 11) is 0. The SMILES string of the molecule is CCCCCCCCCCOC(CCCC(C)CC(C)CC(C)CC(C)CCC)OC(CCCC(C)CC(C)CC(C)CC(C)CCC)OCCCCCCCCCC. The molecule has 0 radical (unpaired) electrons. The van der Waals surface area contributed by atoms with Crippen molar-refractivity contribution in [2.24, 2.45) is 47.3 Å². The molecule has 0 heterocycles. The van der Waals surface area contributed by atoms with Crippen LogP contribution in [0.1, 0.15) is 289 Å². The largest absolute Gasteiger partial charge is 0.353 e. The van der Waals surface area contributed by atoms with E-state index in [4.69, 9.17) is 14.2 Å². The summed E-state index contributed by atoms with van der Waals surface area (Å²) in [4.78, 5) is 0. The molecule has 0 aromatic heterocycles. The van der Waals surface area contributed by atoms with Crippen molar-refractivity contribution in [3.8, 4) is 0 Å². The minimum atomic E-state index is -0.151. The van der Waals surface area contributed by atoms with E-state index in [2.05, 4.69) is 83.1 Å². The van der Waals surface area contributed by atoms with Gasteiger partial charge in [0.25, 0.3) is 0 Å². The maximum absolute atomic E-state index is 6.89. The van der Waals surface area contributed by atoms with Crippen molar-refractivity contribution in [1.29, 1.82) is 0 Å². The summed E-state index contributed by atoms with van der Waals surface area (Å²) in [6.07, 6.45) is 41.4. The third-order valence-corrected chi connectivity index (χ3v) is 13.6. The summed E-state index contributed by atoms with van der Waals surface area (Å²) in [5.74, 6) is 6.51. The van der Waals surface area contributed by atoms with Crippen molar-refractivity contribution in [2.45, 2.75) is 301 Å². The lowest BCUT2D eigenvalue weighted by atomic mass is 9.83. The molecule has 356 valence electrons. The van der Waals surface area contributed by atoms with E-state index in [-0.39, 0.29) is 12.6 Å². The molecule has 0 bridgehead atoms. The molecule has 3 nitrogen and oxygen atoms in total. The number of ether oxygens (including phenoxy) is 3. The Morgan fingerprint density at radius 1 is 0.254 bits per heavy atom. The zero-order valence-electron chi connectivity index (χ0n) is 43.0. The van der Waals surface area contributed by atoms with Crippen LogP contribution in [0.25, 0.3) is 0 Å². The van der Waals surface area contributed by atoms with Crippen LogP contribution in [0.2, 0.25) is 0 Å². The van der Waals surface area contributed by atoms with Gasteiger partial charge in [-0.1, -0.05) is 212 Å². The quantitative estimate of drug-likeness (QED) is 0.0452. The molecule has 0 aromatic carbocycles. The first-order valence-electron chi connectivity index (χ1n) is 27.3. The standard InChI is InChI=1S/C56H114O3/c1-13-17-19-21-23-25-27-29-39-57-55(37-31-35-49(7)43-53(11)45-51(9)41-47(5)33-15-3)59-56(58-40-30-28-26-24-22-20-18-14-2)38-32-36-50(8)44-54(12)46-52(10)42-48(6)34-16-4/h47-56H,13-46H2,1-12H3. The second-order valence-corrected chi connectivity index (χ2v) is 21.4. The third kappa shape index (κ3) is 39.2. The van der Waals surface area contributed by atoms with E-state index in [0.29, 0.717) is 0 Å². The highest BCUT2D eigenvalue weighted by molar-refractivity contribution is 4.69. The molecule has 0 aromatic rings. The van der Waals surface area contributed by atoms with Gasteiger partial charge >= 0.3 is 0 Å². The number of unbranched alkanes of at least 4 members (excludes halogenated alkanes) is 14. The second kappa shape index (κ2) is 41.9. The summed E-state index contributed by atoms with van der Waals surface area (Å²) >= 11 is 0. The Morgan fingerprint density at radius 3 is 0.831 bits per heavy atom. The van der Waals surface area contributed by atoms with Crippen molar-refractivity contribution >= 4 is 0 Å². The van der Waals surface area contributed by atoms with Gasteiger partial charge in [0.2, 0.25) is 0 Å². The molecule has 0 rings (SSSR count). The fraction of sp³-hybridized carbons (Fsp3) is 1.00. The lowest BCUT2D eigenvalue weighted by molar-refractivity contribution is -0.250. The summed E-state index contributed by atoms with van der Waals surface area (Å²) in [5, 5.41) is 0. The summed E-state index contributed by atoms with van der Waals surface area (Å²) < 4.78 is 20.2. The van der Waals surface area contributed by atoms with E-state index in [1.165, 1.54) is 180 Å². The van der Waals surface area contributed by atoms with Crippen molar-refractivity contribution in [3.05, 3.63) is 0 Å². The first kappa shape index (κ1) is 58.9. The fourth-order valence-corrected chi connectivity index (χ4v) is 10.7. The van der Waals surface area contributed by atoms with Gasteiger partial charge in [0.15, 0.2) is 12.6 Å². The topological polar surface area (TPSA) is 27.7 Å². The molecule has 0 saturated carbocycles. The van der Waals surface area contributed by atoms with E-state index < -0.39 is 0 Å². The lowest BCUT2D eigenvalue weighted by Gasteiger charge is -2.27. The number of hydrogen-bond donors (Lipinski definition) is 0. The van der Waals surface area contributed by atoms with Crippen LogP contribution in [0.3, 0.4) is 0 Å². The molecular formula is C56H114O3. The van der Waals surface area contributed by atoms with Gasteiger partial charge in [-0.15, -0.1) is 0 Å². The highest BCUT2D eigenvalue weighted by atomic mass is 16.8. The average molecular weight is 836 g/mol. The molecule has 0 fully saturated rings. The zero-order chi connectivity index (χ0) is 43.9. The van der Waals surface area contributed by atoms with Crippen LogP contribution < -0.4 is 0 Å². The molecule has 0 saturated heterocycles. The normalized spacial score (nSPS) is 17.3. The molecule has 0 aliphatic heterocycles. The summed E-state index contributed by atoms with van der Waals surface area (Å²) in [6, 6.07) is 0. The molecule has 0 spiro atoms. The fourth-order valence-electron chi connectivity index (χ4n) is 10.7. The Bertz CT molecular complexity index is 764. The smallest absolute Gasteiger partial charge is 0.160 e. The van der Waals surface area contributed by atoms with E-state index >= 15 is 0 Å². The maximum Gasteiger partial charge on any atom is 0.160 e. The Labute approximate surface area is 374 Å². The molecule has 0 N–H and O–H groups in total. The van der Waals surface area contributed by atoms with Crippen LogP contribution in [-0.2, 0) is 14.2 Å². The third-order valence-electron chi connectivity index (χ3n) is 13.6. The summed E-state index contributed by atoms with van der Waals surface area (Å²) in [5.41, 5.74) is 0. The Kier molecular flexibility index (Phi) is 41.8. The van der Waals surface area contributed by atoms with Gasteiger partial charge in [-0.25, -0.2) is 0 Å². The second-order valence-electron chi connectivity index (χ2n) is 21.4. The molecular weight excluding hydrogens is 721 g/mol. The van der Waals surface area contributed by atoms with Crippen LogP contribution >= 0.6 is 0 Å². The van der Waals surface area contributed by atoms with Gasteiger partial charge in [0, 0.05) is 13.2 Å². The molecule has 10 atom stereocenters. The predicted molar refractivity (Wildman–Crippen MR) is 264 cm³/mol. The lowest BCUT2D eigenvalue weighted by Crippen LogP contribution is -2.28. The summed E-state index contributed by atoms with van der Waals surface area (Å²) in [6.45, 7) is 30.8. The van der Waals surface area contributed by atoms with Crippen LogP contribution in [0.15, 0.2) is 0 Å². The zero-order valence-corrected chi connectivity index (χ0v) is 43.0. The highest BCUT2D eigenvalue weighted by Gasteiger charge is 2.21. The molecule has 3 heteroatoms. The molecule has 0 aliphatic carbocycles. The van der Waals surface area contributed by atoms with Crippen molar-refractivity contribution in [1.82, 2.24) is 0 Å². The highest BCUT2D eigenvalue weighted by Crippen LogP contribution is 2.30. The van der Waals surface area contributed by atoms with Crippen LogP contribution in [0.5, 0.6) is 0 Å². The van der Waals surface area contributed by atoms with E-state index in [1.54, 1.807) is 0 Å². The Morgan fingerprint density at radius 2 is 0.525 bits per heavy atom. The van der Waals surface area contributed by atoms with Gasteiger partial charge in [-0.05, 0) is 124 Å². The number of hydrogen-bond acceptors (Lipinski definition) is 3. The minimum absolute atomic E-state index is 0.151. The Balaban J connectivity index is 5.33. The maximum atomic E-state index is 6.89. The van der Waals surface area contributed by atoms with E-state index in [0.717, 1.165) is 86.2 Å². The molecule has 10 unspecified atom stereocenters. The van der Waals surface area contributed by atoms with Crippen molar-refractivity contribution < 1.29 is 14.2 Å².